The van der Waals surface area contributed by atoms with E-state index in [1.807, 2.05) is 0 Å². The molecule has 1 N–H and O–H groups in total. The van der Waals surface area contributed by atoms with Gasteiger partial charge in [-0.3, -0.25) is 19.4 Å². The van der Waals surface area contributed by atoms with Crippen molar-refractivity contribution in [2.24, 2.45) is 0 Å². The highest BCUT2D eigenvalue weighted by molar-refractivity contribution is 5.94. The minimum Gasteiger partial charge on any atom is -0.295 e. The fraction of sp³-hybridized carbons (Fsp3) is 0.0909. The van der Waals surface area contributed by atoms with Crippen molar-refractivity contribution in [2.75, 3.05) is 0 Å². The van der Waals surface area contributed by atoms with E-state index in [2.05, 4.69) is 5.10 Å². The Bertz CT molecular complexity index is 534. The third-order valence-electron chi connectivity index (χ3n) is 2.16. The average molecular weight is 202 g/mol. The molecule has 0 atom stereocenters. The smallest absolute Gasteiger partial charge is 0.264 e. The molecule has 0 amide bonds. The van der Waals surface area contributed by atoms with Gasteiger partial charge in [-0.05, 0) is 31.2 Å². The van der Waals surface area contributed by atoms with Gasteiger partial charge in [0, 0.05) is 17.8 Å². The van der Waals surface area contributed by atoms with Crippen LogP contribution in [0.1, 0.15) is 17.3 Å². The number of nitrogens with zero attached hydrogens (tertiary/aromatic N) is 1. The van der Waals surface area contributed by atoms with Gasteiger partial charge in [0.25, 0.3) is 5.56 Å². The van der Waals surface area contributed by atoms with Crippen LogP contribution in [0.15, 0.2) is 41.3 Å². The lowest BCUT2D eigenvalue weighted by Gasteiger charge is -2.02. The lowest BCUT2D eigenvalue weighted by atomic mass is 10.1. The topological polar surface area (TPSA) is 54.9 Å². The van der Waals surface area contributed by atoms with Crippen LogP contribution in [0.4, 0.5) is 0 Å². The Labute approximate surface area is 86.1 Å². The fourth-order valence-corrected chi connectivity index (χ4v) is 1.34. The lowest BCUT2D eigenvalue weighted by molar-refractivity contribution is 0.101. The summed E-state index contributed by atoms with van der Waals surface area (Å²) >= 11 is 0. The molecule has 0 aliphatic carbocycles. The van der Waals surface area contributed by atoms with E-state index >= 15 is 0 Å². The van der Waals surface area contributed by atoms with Crippen LogP contribution in [-0.2, 0) is 0 Å². The number of ketones is 1. The molecule has 1 aromatic carbocycles. The van der Waals surface area contributed by atoms with Crippen LogP contribution in [-0.4, -0.2) is 15.6 Å². The first kappa shape index (κ1) is 9.45. The van der Waals surface area contributed by atoms with Crippen molar-refractivity contribution >= 4 is 5.78 Å². The number of H-pyrrole nitrogens is 1. The first-order valence-electron chi connectivity index (χ1n) is 4.56. The van der Waals surface area contributed by atoms with Gasteiger partial charge in [0.2, 0.25) is 0 Å². The Morgan fingerprint density at radius 2 is 1.87 bits per heavy atom. The van der Waals surface area contributed by atoms with Gasteiger partial charge in [-0.25, -0.2) is 0 Å². The predicted molar refractivity (Wildman–Crippen MR) is 56.4 cm³/mol. The normalized spacial score (nSPS) is 10.2. The summed E-state index contributed by atoms with van der Waals surface area (Å²) in [6.45, 7) is 1.52. The minimum atomic E-state index is -0.148. The fourth-order valence-electron chi connectivity index (χ4n) is 1.34. The van der Waals surface area contributed by atoms with Gasteiger partial charge in [0.15, 0.2) is 5.78 Å². The third-order valence-corrected chi connectivity index (χ3v) is 2.16. The van der Waals surface area contributed by atoms with Gasteiger partial charge in [-0.2, -0.15) is 0 Å². The summed E-state index contributed by atoms with van der Waals surface area (Å²) in [6.07, 6.45) is 1.64. The summed E-state index contributed by atoms with van der Waals surface area (Å²) < 4.78 is 1.60. The second kappa shape index (κ2) is 3.57. The SMILES string of the molecule is CC(=O)c1ccc(-n2ccc(=O)[nH]2)cc1. The molecule has 4 heteroatoms. The molecule has 0 unspecified atom stereocenters. The molecule has 15 heavy (non-hydrogen) atoms. The van der Waals surface area contributed by atoms with Crippen molar-refractivity contribution < 1.29 is 4.79 Å². The molecular weight excluding hydrogens is 192 g/mol. The molecule has 2 aromatic rings. The number of aromatic amines is 1. The number of Topliss-reactive ketones (excluding diaryl/α,β-unsaturated/α-hetero) is 1. The molecule has 0 fully saturated rings. The number of carbonyl (C=O) groups excluding carboxylic acids is 1. The van der Waals surface area contributed by atoms with E-state index < -0.39 is 0 Å². The molecular formula is C11H10N2O2. The van der Waals surface area contributed by atoms with Crippen molar-refractivity contribution in [3.63, 3.8) is 0 Å². The summed E-state index contributed by atoms with van der Waals surface area (Å²) in [5.41, 5.74) is 1.33. The van der Waals surface area contributed by atoms with Crippen LogP contribution in [0.3, 0.4) is 0 Å². The van der Waals surface area contributed by atoms with Crippen LogP contribution >= 0.6 is 0 Å². The first-order chi connectivity index (χ1) is 7.16. The molecule has 1 aromatic heterocycles. The van der Waals surface area contributed by atoms with E-state index in [1.165, 1.54) is 13.0 Å². The molecule has 0 aliphatic rings. The molecule has 0 bridgehead atoms. The summed E-state index contributed by atoms with van der Waals surface area (Å²) in [5, 5.41) is 2.62. The number of hydrogen-bond donors (Lipinski definition) is 1. The Kier molecular flexibility index (Phi) is 2.25. The highest BCUT2D eigenvalue weighted by Crippen LogP contribution is 2.07. The molecule has 2 rings (SSSR count). The summed E-state index contributed by atoms with van der Waals surface area (Å²) in [6, 6.07) is 8.48. The van der Waals surface area contributed by atoms with Gasteiger partial charge in [0.1, 0.15) is 0 Å². The Balaban J connectivity index is 2.39. The second-order valence-electron chi connectivity index (χ2n) is 3.26. The largest absolute Gasteiger partial charge is 0.295 e. The monoisotopic (exact) mass is 202 g/mol. The summed E-state index contributed by atoms with van der Waals surface area (Å²) in [4.78, 5) is 21.9. The van der Waals surface area contributed by atoms with Crippen molar-refractivity contribution in [3.8, 4) is 5.69 Å². The van der Waals surface area contributed by atoms with Crippen molar-refractivity contribution in [3.05, 3.63) is 52.4 Å². The lowest BCUT2D eigenvalue weighted by Crippen LogP contribution is -2.03. The molecule has 1 heterocycles. The maximum Gasteiger partial charge on any atom is 0.264 e. The molecule has 0 saturated heterocycles. The minimum absolute atomic E-state index is 0.0301. The maximum atomic E-state index is 11.0. The zero-order chi connectivity index (χ0) is 10.8. The van der Waals surface area contributed by atoms with Crippen LogP contribution in [0.5, 0.6) is 0 Å². The van der Waals surface area contributed by atoms with Crippen LogP contribution < -0.4 is 5.56 Å². The van der Waals surface area contributed by atoms with Crippen molar-refractivity contribution in [1.82, 2.24) is 9.78 Å². The summed E-state index contributed by atoms with van der Waals surface area (Å²) in [7, 11) is 0. The maximum absolute atomic E-state index is 11.0. The Hall–Kier alpha value is -2.10. The molecule has 0 aliphatic heterocycles. The second-order valence-corrected chi connectivity index (χ2v) is 3.26. The number of hydrogen-bond acceptors (Lipinski definition) is 2. The number of aromatic nitrogens is 2. The van der Waals surface area contributed by atoms with E-state index in [0.29, 0.717) is 5.56 Å². The van der Waals surface area contributed by atoms with Gasteiger partial charge < -0.3 is 0 Å². The molecule has 4 nitrogen and oxygen atoms in total. The molecule has 0 spiro atoms. The van der Waals surface area contributed by atoms with Crippen LogP contribution in [0.25, 0.3) is 5.69 Å². The zero-order valence-corrected chi connectivity index (χ0v) is 8.23. The number of nitrogens with one attached hydrogen (secondary N) is 1. The molecule has 0 radical (unpaired) electrons. The number of carbonyl (C=O) groups is 1. The van der Waals surface area contributed by atoms with Gasteiger partial charge in [-0.15, -0.1) is 0 Å². The quantitative estimate of drug-likeness (QED) is 0.748. The first-order valence-corrected chi connectivity index (χ1v) is 4.56. The number of benzene rings is 1. The standard InChI is InChI=1S/C11H10N2O2/c1-8(14)9-2-4-10(5-3-9)13-7-6-11(15)12-13/h2-7H,1H3,(H,12,15). The highest BCUT2D eigenvalue weighted by atomic mass is 16.1. The predicted octanol–water partition coefficient (Wildman–Crippen LogP) is 1.37. The molecule has 76 valence electrons. The Morgan fingerprint density at radius 3 is 2.33 bits per heavy atom. The third kappa shape index (κ3) is 1.88. The zero-order valence-electron chi connectivity index (χ0n) is 8.23. The molecule has 0 saturated carbocycles. The van der Waals surface area contributed by atoms with E-state index in [4.69, 9.17) is 0 Å². The van der Waals surface area contributed by atoms with E-state index in [0.717, 1.165) is 5.69 Å². The van der Waals surface area contributed by atoms with Gasteiger partial charge >= 0.3 is 0 Å². The van der Waals surface area contributed by atoms with Crippen molar-refractivity contribution in [2.45, 2.75) is 6.92 Å². The Morgan fingerprint density at radius 1 is 1.20 bits per heavy atom. The van der Waals surface area contributed by atoms with E-state index in [1.54, 1.807) is 35.1 Å². The van der Waals surface area contributed by atoms with Crippen LogP contribution in [0, 0.1) is 0 Å². The summed E-state index contributed by atoms with van der Waals surface area (Å²) in [5.74, 6) is 0.0301. The van der Waals surface area contributed by atoms with Gasteiger partial charge in [-0.1, -0.05) is 0 Å². The van der Waals surface area contributed by atoms with E-state index in [9.17, 15) is 9.59 Å². The van der Waals surface area contributed by atoms with Gasteiger partial charge in [0.05, 0.1) is 5.69 Å². The number of rotatable bonds is 2. The van der Waals surface area contributed by atoms with E-state index in [-0.39, 0.29) is 11.3 Å². The van der Waals surface area contributed by atoms with Crippen LogP contribution in [0.2, 0.25) is 0 Å². The highest BCUT2D eigenvalue weighted by Gasteiger charge is 2.00. The van der Waals surface area contributed by atoms with Crippen molar-refractivity contribution in [1.29, 1.82) is 0 Å². The average Bonchev–Trinajstić information content (AvgIpc) is 2.65.